The average Bonchev–Trinajstić information content (AvgIpc) is 3.36. The van der Waals surface area contributed by atoms with Crippen LogP contribution in [0.15, 0.2) is 36.4 Å². The van der Waals surface area contributed by atoms with Crippen LogP contribution in [0.1, 0.15) is 48.8 Å². The van der Waals surface area contributed by atoms with Gasteiger partial charge in [-0.05, 0) is 93.8 Å². The summed E-state index contributed by atoms with van der Waals surface area (Å²) in [5.74, 6) is -4.88. The van der Waals surface area contributed by atoms with Crippen molar-refractivity contribution >= 4 is 40.9 Å². The highest BCUT2D eigenvalue weighted by molar-refractivity contribution is 6.33. The van der Waals surface area contributed by atoms with Gasteiger partial charge in [0.1, 0.15) is 0 Å². The second-order valence-electron chi connectivity index (χ2n) is 16.3. The molecule has 4 atom stereocenters. The topological polar surface area (TPSA) is 186 Å². The summed E-state index contributed by atoms with van der Waals surface area (Å²) in [6, 6.07) is 8.21. The molecular weight excluding hydrogens is 783 g/mol. The maximum absolute atomic E-state index is 14.2. The van der Waals surface area contributed by atoms with Gasteiger partial charge in [0.25, 0.3) is 0 Å². The third-order valence-electron chi connectivity index (χ3n) is 12.8. The van der Waals surface area contributed by atoms with Crippen molar-refractivity contribution in [2.24, 2.45) is 5.92 Å². The minimum atomic E-state index is -4.86. The van der Waals surface area contributed by atoms with Gasteiger partial charge in [-0.25, -0.2) is 14.4 Å². The number of nitrogens with zero attached hydrogens (tertiary/aromatic N) is 5. The number of para-hydroxylation sites is 1. The number of carboxylic acid groups (broad SMARTS) is 2. The molecule has 1 unspecified atom stereocenters. The van der Waals surface area contributed by atoms with Gasteiger partial charge < -0.3 is 46.2 Å². The molecule has 3 fully saturated rings. The lowest BCUT2D eigenvalue weighted by molar-refractivity contribution is -0.200. The highest BCUT2D eigenvalue weighted by Crippen LogP contribution is 2.40. The smallest absolute Gasteiger partial charge is 0.418 e. The summed E-state index contributed by atoms with van der Waals surface area (Å²) in [7, 11) is 2.05. The molecule has 6 rings (SSSR count). The lowest BCUT2D eigenvalue weighted by Gasteiger charge is -2.49. The third-order valence-corrected chi connectivity index (χ3v) is 13.1. The van der Waals surface area contributed by atoms with E-state index in [1.54, 1.807) is 4.90 Å². The molecule has 0 bridgehead atoms. The molecule has 0 aliphatic carbocycles. The van der Waals surface area contributed by atoms with E-state index in [1.165, 1.54) is 6.07 Å². The van der Waals surface area contributed by atoms with Crippen molar-refractivity contribution in [2.45, 2.75) is 81.0 Å². The summed E-state index contributed by atoms with van der Waals surface area (Å²) in [6.07, 6.45) is -4.62. The Bertz CT molecular complexity index is 1790. The van der Waals surface area contributed by atoms with Crippen molar-refractivity contribution in [1.29, 1.82) is 0 Å². The quantitative estimate of drug-likeness (QED) is 0.162. The van der Waals surface area contributed by atoms with Crippen LogP contribution in [0.2, 0.25) is 5.02 Å². The van der Waals surface area contributed by atoms with E-state index in [0.29, 0.717) is 58.3 Å². The van der Waals surface area contributed by atoms with Gasteiger partial charge in [-0.15, -0.1) is 0 Å². The number of amides is 2. The fourth-order valence-electron chi connectivity index (χ4n) is 9.49. The number of carbonyl (C=O) groups is 3. The Morgan fingerprint density at radius 2 is 1.59 bits per heavy atom. The van der Waals surface area contributed by atoms with Crippen LogP contribution in [0.4, 0.5) is 29.3 Å². The second kappa shape index (κ2) is 18.3. The van der Waals surface area contributed by atoms with Crippen molar-refractivity contribution < 1.29 is 48.0 Å². The van der Waals surface area contributed by atoms with Gasteiger partial charge in [0.05, 0.1) is 22.3 Å². The molecule has 3 saturated heterocycles. The molecule has 0 saturated carbocycles. The first-order chi connectivity index (χ1) is 27.5. The lowest BCUT2D eigenvalue weighted by atomic mass is 9.74. The van der Waals surface area contributed by atoms with E-state index in [2.05, 4.69) is 20.0 Å². The molecule has 0 radical (unpaired) electrons. The standard InChI is InChI=1S/C40H55ClF3N7O7/c1-47-18-20-49(21-19-47)28-10-15-50(16-11-28)34(39(58,37(55)56)35(52)36(53)54)27(22-25-23-30(40(42,43)44)33(45)31(41)24-25)6-12-48-13-8-29(9-14-48)51-17-7-26-4-2-3-5-32(26)46-38(51)57/h2-5,23-24,27-29,34-35,52,58H,6-22,45H2,1H3,(H,46,57)(H,53,54)(H,55,56)/t27-,34?,35-,39+/m1/s1. The zero-order valence-corrected chi connectivity index (χ0v) is 33.5. The number of nitrogens with one attached hydrogen (secondary N) is 1. The average molecular weight is 838 g/mol. The van der Waals surface area contributed by atoms with E-state index >= 15 is 0 Å². The van der Waals surface area contributed by atoms with Crippen molar-refractivity contribution in [3.05, 3.63) is 58.1 Å². The van der Waals surface area contributed by atoms with Gasteiger partial charge in [-0.3, -0.25) is 9.80 Å². The maximum atomic E-state index is 14.2. The Morgan fingerprint density at radius 3 is 2.21 bits per heavy atom. The number of urea groups is 1. The number of benzene rings is 2. The number of carbonyl (C=O) groups excluding carboxylic acids is 1. The minimum absolute atomic E-state index is 0.0452. The van der Waals surface area contributed by atoms with E-state index in [9.17, 15) is 48.0 Å². The Hall–Kier alpha value is -3.71. The van der Waals surface area contributed by atoms with Gasteiger partial charge >= 0.3 is 24.1 Å². The molecule has 58 heavy (non-hydrogen) atoms. The van der Waals surface area contributed by atoms with Crippen LogP contribution in [-0.4, -0.2) is 165 Å². The number of carboxylic acids is 2. The highest BCUT2D eigenvalue weighted by atomic mass is 35.5. The summed E-state index contributed by atoms with van der Waals surface area (Å²) in [4.78, 5) is 48.9. The van der Waals surface area contributed by atoms with Crippen LogP contribution in [0.5, 0.6) is 0 Å². The van der Waals surface area contributed by atoms with Crippen LogP contribution in [0, 0.1) is 5.92 Å². The normalized spacial score (nSPS) is 22.7. The number of likely N-dealkylation sites (N-methyl/N-ethyl adjacent to an activating group) is 1. The van der Waals surface area contributed by atoms with Crippen LogP contribution < -0.4 is 11.1 Å². The number of likely N-dealkylation sites (tertiary alicyclic amines) is 2. The van der Waals surface area contributed by atoms with Gasteiger partial charge in [-0.1, -0.05) is 29.8 Å². The Morgan fingerprint density at radius 1 is 0.948 bits per heavy atom. The zero-order chi connectivity index (χ0) is 41.9. The van der Waals surface area contributed by atoms with Gasteiger partial charge in [0, 0.05) is 76.7 Å². The first-order valence-electron chi connectivity index (χ1n) is 20.0. The first kappa shape index (κ1) is 43.9. The van der Waals surface area contributed by atoms with Crippen LogP contribution >= 0.6 is 11.6 Å². The zero-order valence-electron chi connectivity index (χ0n) is 32.7. The molecule has 7 N–H and O–H groups in total. The summed E-state index contributed by atoms with van der Waals surface area (Å²) >= 11 is 6.25. The number of fused-ring (bicyclic) bond motifs is 1. The number of nitrogen functional groups attached to an aromatic ring is 1. The Kier molecular flexibility index (Phi) is 13.8. The molecule has 0 spiro atoms. The molecule has 4 heterocycles. The number of alkyl halides is 3. The SMILES string of the molecule is CN1CCN(C2CCN(C([C@H](CCN3CCC(N4CCc5ccccc5NC4=O)CC3)Cc3cc(Cl)c(N)c(C(F)(F)F)c3)[C@@](O)(C(=O)O)[C@H](O)C(=O)O)CC2)CC1. The largest absolute Gasteiger partial charge is 0.479 e. The number of rotatable bonds is 13. The monoisotopic (exact) mass is 837 g/mol. The predicted molar refractivity (Wildman–Crippen MR) is 212 cm³/mol. The maximum Gasteiger partial charge on any atom is 0.418 e. The molecule has 4 aliphatic heterocycles. The minimum Gasteiger partial charge on any atom is -0.479 e. The molecule has 2 amide bonds. The number of piperidine rings is 2. The molecule has 18 heteroatoms. The van der Waals surface area contributed by atoms with E-state index in [1.807, 2.05) is 36.2 Å². The van der Waals surface area contributed by atoms with Crippen molar-refractivity contribution in [3.63, 3.8) is 0 Å². The second-order valence-corrected chi connectivity index (χ2v) is 16.7. The highest BCUT2D eigenvalue weighted by Gasteiger charge is 2.58. The van der Waals surface area contributed by atoms with Crippen molar-refractivity contribution in [2.75, 3.05) is 83.5 Å². The Labute approximate surface area is 341 Å². The van der Waals surface area contributed by atoms with E-state index in [-0.39, 0.29) is 54.6 Å². The number of hydrogen-bond donors (Lipinski definition) is 6. The summed E-state index contributed by atoms with van der Waals surface area (Å²) < 4.78 is 42.5. The molecule has 4 aliphatic rings. The number of halogens is 4. The first-order valence-corrected chi connectivity index (χ1v) is 20.4. The molecule has 320 valence electrons. The predicted octanol–water partition coefficient (Wildman–Crippen LogP) is 3.39. The Balaban J connectivity index is 1.27. The lowest BCUT2D eigenvalue weighted by Crippen LogP contribution is -2.69. The van der Waals surface area contributed by atoms with Crippen LogP contribution in [-0.2, 0) is 28.6 Å². The number of aliphatic hydroxyl groups is 2. The number of nitrogens with two attached hydrogens (primary N) is 1. The fourth-order valence-corrected chi connectivity index (χ4v) is 9.73. The van der Waals surface area contributed by atoms with E-state index in [4.69, 9.17) is 17.3 Å². The molecule has 0 aromatic heterocycles. The number of aliphatic hydroxyl groups excluding tert-OH is 1. The summed E-state index contributed by atoms with van der Waals surface area (Å²) in [6.45, 7) is 5.94. The van der Waals surface area contributed by atoms with Gasteiger partial charge in [-0.2, -0.15) is 13.2 Å². The number of piperazine rings is 1. The third kappa shape index (κ3) is 9.67. The molecule has 2 aromatic rings. The van der Waals surface area contributed by atoms with Gasteiger partial charge in [0.2, 0.25) is 5.60 Å². The number of anilines is 2. The number of hydrogen-bond acceptors (Lipinski definition) is 10. The summed E-state index contributed by atoms with van der Waals surface area (Å²) in [5, 5.41) is 46.3. The van der Waals surface area contributed by atoms with Crippen LogP contribution in [0.3, 0.4) is 0 Å². The number of aliphatic carboxylic acids is 2. The summed E-state index contributed by atoms with van der Waals surface area (Å²) in [5.41, 5.74) is 2.59. The van der Waals surface area contributed by atoms with E-state index < -0.39 is 53.0 Å². The van der Waals surface area contributed by atoms with Crippen molar-refractivity contribution in [1.82, 2.24) is 24.5 Å². The van der Waals surface area contributed by atoms with E-state index in [0.717, 1.165) is 43.5 Å². The van der Waals surface area contributed by atoms with Gasteiger partial charge in [0.15, 0.2) is 6.10 Å². The fraction of sp³-hybridized carbons (Fsp3) is 0.625. The van der Waals surface area contributed by atoms with Crippen LogP contribution in [0.25, 0.3) is 0 Å². The molecule has 2 aromatic carbocycles. The van der Waals surface area contributed by atoms with Crippen molar-refractivity contribution in [3.8, 4) is 0 Å². The molecular formula is C40H55ClF3N7O7. The molecule has 14 nitrogen and oxygen atoms in total.